The molecule has 0 aromatic carbocycles. The van der Waals surface area contributed by atoms with Crippen molar-refractivity contribution >= 4 is 47.2 Å². The lowest BCUT2D eigenvalue weighted by Gasteiger charge is -2.21. The van der Waals surface area contributed by atoms with Crippen molar-refractivity contribution in [2.45, 2.75) is 51.6 Å². The number of carbonyl (C=O) groups is 1. The van der Waals surface area contributed by atoms with Crippen LogP contribution >= 0.6 is 35.3 Å². The molecule has 1 saturated carbocycles. The van der Waals surface area contributed by atoms with Gasteiger partial charge in [0.2, 0.25) is 5.91 Å². The Morgan fingerprint density at radius 3 is 2.76 bits per heavy atom. The quantitative estimate of drug-likeness (QED) is 0.244. The number of carbonyl (C=O) groups excluding carboxylic acids is 1. The van der Waals surface area contributed by atoms with Crippen LogP contribution in [0.2, 0.25) is 0 Å². The maximum Gasteiger partial charge on any atom is 0.239 e. The van der Waals surface area contributed by atoms with Crippen molar-refractivity contribution in [1.29, 1.82) is 0 Å². The zero-order valence-corrected chi connectivity index (χ0v) is 18.2. The highest BCUT2D eigenvalue weighted by molar-refractivity contribution is 14.0. The van der Waals surface area contributed by atoms with Gasteiger partial charge in [0.05, 0.1) is 23.8 Å². The van der Waals surface area contributed by atoms with Gasteiger partial charge in [-0.25, -0.2) is 9.98 Å². The molecule has 0 spiro atoms. The Bertz CT molecular complexity index is 604. The van der Waals surface area contributed by atoms with Crippen molar-refractivity contribution in [3.63, 3.8) is 0 Å². The molecule has 1 aromatic heterocycles. The second-order valence-corrected chi connectivity index (χ2v) is 7.83. The molecule has 1 aliphatic carbocycles. The molecule has 0 bridgehead atoms. The number of rotatable bonds is 7. The SMILES string of the molecule is C=CCNC(=NCc1csc(C2CC2)n1)NCC(=O)NC(C)(C)C.I. The third-order valence-corrected chi connectivity index (χ3v) is 4.30. The maximum absolute atomic E-state index is 11.9. The molecular weight excluding hydrogens is 449 g/mol. The number of amides is 1. The number of nitrogens with one attached hydrogen (secondary N) is 3. The zero-order chi connectivity index (χ0) is 17.6. The van der Waals surface area contributed by atoms with Gasteiger partial charge in [0, 0.05) is 23.4 Å². The molecular formula is C17H28IN5OS. The van der Waals surface area contributed by atoms with Gasteiger partial charge >= 0.3 is 0 Å². The van der Waals surface area contributed by atoms with Crippen LogP contribution in [0.25, 0.3) is 0 Å². The first-order valence-corrected chi connectivity index (χ1v) is 9.14. The molecule has 25 heavy (non-hydrogen) atoms. The van der Waals surface area contributed by atoms with Crippen molar-refractivity contribution in [3.05, 3.63) is 28.7 Å². The highest BCUT2D eigenvalue weighted by Gasteiger charge is 2.26. The van der Waals surface area contributed by atoms with E-state index in [9.17, 15) is 4.79 Å². The minimum atomic E-state index is -0.246. The first-order valence-electron chi connectivity index (χ1n) is 8.26. The van der Waals surface area contributed by atoms with Crippen LogP contribution in [0, 0.1) is 0 Å². The number of aliphatic imine (C=N–C) groups is 1. The summed E-state index contributed by atoms with van der Waals surface area (Å²) < 4.78 is 0. The largest absolute Gasteiger partial charge is 0.353 e. The number of hydrogen-bond donors (Lipinski definition) is 3. The Morgan fingerprint density at radius 2 is 2.16 bits per heavy atom. The third-order valence-electron chi connectivity index (χ3n) is 3.24. The van der Waals surface area contributed by atoms with Crippen LogP contribution in [-0.4, -0.2) is 35.5 Å². The number of aromatic nitrogens is 1. The van der Waals surface area contributed by atoms with Gasteiger partial charge in [-0.15, -0.1) is 41.9 Å². The molecule has 2 rings (SSSR count). The fourth-order valence-electron chi connectivity index (χ4n) is 2.04. The van der Waals surface area contributed by atoms with Gasteiger partial charge in [0.15, 0.2) is 5.96 Å². The van der Waals surface area contributed by atoms with Crippen LogP contribution in [0.3, 0.4) is 0 Å². The number of nitrogens with zero attached hydrogens (tertiary/aromatic N) is 2. The number of hydrogen-bond acceptors (Lipinski definition) is 4. The van der Waals surface area contributed by atoms with E-state index in [1.54, 1.807) is 17.4 Å². The number of thiazole rings is 1. The molecule has 140 valence electrons. The van der Waals surface area contributed by atoms with Crippen LogP contribution in [0.5, 0.6) is 0 Å². The van der Waals surface area contributed by atoms with Gasteiger partial charge in [0.25, 0.3) is 0 Å². The Hall–Kier alpha value is -1.16. The highest BCUT2D eigenvalue weighted by Crippen LogP contribution is 2.41. The lowest BCUT2D eigenvalue weighted by atomic mass is 10.1. The fourth-order valence-corrected chi connectivity index (χ4v) is 3.02. The monoisotopic (exact) mass is 477 g/mol. The van der Waals surface area contributed by atoms with E-state index < -0.39 is 0 Å². The minimum absolute atomic E-state index is 0. The van der Waals surface area contributed by atoms with Gasteiger partial charge in [-0.05, 0) is 33.6 Å². The smallest absolute Gasteiger partial charge is 0.239 e. The summed E-state index contributed by atoms with van der Waals surface area (Å²) in [6, 6.07) is 0. The summed E-state index contributed by atoms with van der Waals surface area (Å²) in [6.07, 6.45) is 4.26. The van der Waals surface area contributed by atoms with Gasteiger partial charge in [0.1, 0.15) is 0 Å². The van der Waals surface area contributed by atoms with E-state index in [2.05, 4.69) is 37.9 Å². The van der Waals surface area contributed by atoms with Crippen molar-refractivity contribution in [3.8, 4) is 0 Å². The zero-order valence-electron chi connectivity index (χ0n) is 15.1. The summed E-state index contributed by atoms with van der Waals surface area (Å²) in [5, 5.41) is 12.4. The standard InChI is InChI=1S/C17H27N5OS.HI/c1-5-8-18-16(20-10-14(23)22-17(2,3)4)19-9-13-11-24-15(21-13)12-6-7-12;/h5,11-12H,1,6-10H2,2-4H3,(H,22,23)(H2,18,19,20);1H. The van der Waals surface area contributed by atoms with Crippen LogP contribution in [0.4, 0.5) is 0 Å². The molecule has 1 aromatic rings. The summed E-state index contributed by atoms with van der Waals surface area (Å²) in [7, 11) is 0. The minimum Gasteiger partial charge on any atom is -0.353 e. The van der Waals surface area contributed by atoms with Gasteiger partial charge in [-0.2, -0.15) is 0 Å². The average Bonchev–Trinajstić information content (AvgIpc) is 3.24. The second kappa shape index (κ2) is 10.1. The number of guanidine groups is 1. The van der Waals surface area contributed by atoms with E-state index >= 15 is 0 Å². The van der Waals surface area contributed by atoms with Crippen LogP contribution in [0.1, 0.15) is 50.2 Å². The molecule has 1 aliphatic rings. The van der Waals surface area contributed by atoms with Crippen molar-refractivity contribution < 1.29 is 4.79 Å². The van der Waals surface area contributed by atoms with Crippen LogP contribution in [0.15, 0.2) is 23.0 Å². The van der Waals surface area contributed by atoms with Gasteiger partial charge < -0.3 is 16.0 Å². The molecule has 0 radical (unpaired) electrons. The van der Waals surface area contributed by atoms with Gasteiger partial charge in [-0.1, -0.05) is 6.08 Å². The van der Waals surface area contributed by atoms with E-state index in [4.69, 9.17) is 0 Å². The molecule has 1 amide bonds. The molecule has 6 nitrogen and oxygen atoms in total. The lowest BCUT2D eigenvalue weighted by molar-refractivity contribution is -0.121. The molecule has 1 fully saturated rings. The Balaban J connectivity index is 0.00000312. The van der Waals surface area contributed by atoms with Crippen LogP contribution in [-0.2, 0) is 11.3 Å². The lowest BCUT2D eigenvalue weighted by Crippen LogP contribution is -2.48. The Labute approximate surface area is 171 Å². The molecule has 0 saturated heterocycles. The molecule has 8 heteroatoms. The summed E-state index contributed by atoms with van der Waals surface area (Å²) >= 11 is 1.71. The van der Waals surface area contributed by atoms with Crippen molar-refractivity contribution in [2.24, 2.45) is 4.99 Å². The number of halogens is 1. The molecule has 1 heterocycles. The Morgan fingerprint density at radius 1 is 1.44 bits per heavy atom. The van der Waals surface area contributed by atoms with E-state index in [0.29, 0.717) is 25.0 Å². The predicted molar refractivity (Wildman–Crippen MR) is 115 cm³/mol. The average molecular weight is 477 g/mol. The van der Waals surface area contributed by atoms with Crippen LogP contribution < -0.4 is 16.0 Å². The Kier molecular flexibility index (Phi) is 8.84. The predicted octanol–water partition coefficient (Wildman–Crippen LogP) is 2.77. The fraction of sp³-hybridized carbons (Fsp3) is 0.588. The van der Waals surface area contributed by atoms with E-state index in [0.717, 1.165) is 5.69 Å². The summed E-state index contributed by atoms with van der Waals surface area (Å²) in [6.45, 7) is 10.8. The van der Waals surface area contributed by atoms with E-state index in [1.165, 1.54) is 17.8 Å². The normalized spacial score (nSPS) is 14.4. The molecule has 0 atom stereocenters. The topological polar surface area (TPSA) is 78.4 Å². The summed E-state index contributed by atoms with van der Waals surface area (Å²) in [5.74, 6) is 1.19. The molecule has 0 aliphatic heterocycles. The first kappa shape index (κ1) is 21.9. The summed E-state index contributed by atoms with van der Waals surface area (Å²) in [5.41, 5.74) is 0.727. The van der Waals surface area contributed by atoms with E-state index in [1.807, 2.05) is 20.8 Å². The van der Waals surface area contributed by atoms with Crippen molar-refractivity contribution in [2.75, 3.05) is 13.1 Å². The molecule has 0 unspecified atom stereocenters. The maximum atomic E-state index is 11.9. The molecule has 3 N–H and O–H groups in total. The highest BCUT2D eigenvalue weighted by atomic mass is 127. The van der Waals surface area contributed by atoms with Crippen molar-refractivity contribution in [1.82, 2.24) is 20.9 Å². The third kappa shape index (κ3) is 8.66. The van der Waals surface area contributed by atoms with Gasteiger partial charge in [-0.3, -0.25) is 4.79 Å². The first-order chi connectivity index (χ1) is 11.4. The second-order valence-electron chi connectivity index (χ2n) is 6.94. The van der Waals surface area contributed by atoms with E-state index in [-0.39, 0.29) is 42.0 Å². The summed E-state index contributed by atoms with van der Waals surface area (Å²) in [4.78, 5) is 21.0.